The third-order valence-electron chi connectivity index (χ3n) is 4.06. The van der Waals surface area contributed by atoms with E-state index in [2.05, 4.69) is 11.1 Å². The van der Waals surface area contributed by atoms with Crippen molar-refractivity contribution in [2.75, 3.05) is 12.8 Å². The Kier molecular flexibility index (Phi) is 4.60. The van der Waals surface area contributed by atoms with Gasteiger partial charge in [-0.1, -0.05) is 35.9 Å². The average Bonchev–Trinajstić information content (AvgIpc) is 2.63. The Bertz CT molecular complexity index is 975. The Morgan fingerprint density at radius 3 is 2.44 bits per heavy atom. The van der Waals surface area contributed by atoms with Crippen LogP contribution >= 0.6 is 11.6 Å². The summed E-state index contributed by atoms with van der Waals surface area (Å²) in [4.78, 5) is 4.45. The third-order valence-corrected chi connectivity index (χ3v) is 4.29. The molecule has 2 N–H and O–H groups in total. The molecule has 0 radical (unpaired) electrons. The predicted molar refractivity (Wildman–Crippen MR) is 101 cm³/mol. The number of aromatic nitrogens is 1. The van der Waals surface area contributed by atoms with Crippen LogP contribution in [-0.2, 0) is 0 Å². The van der Waals surface area contributed by atoms with Crippen LogP contribution in [0, 0.1) is 18.3 Å². The molecule has 0 unspecified atom stereocenters. The lowest BCUT2D eigenvalue weighted by Crippen LogP contribution is -2.03. The molecule has 0 aliphatic rings. The summed E-state index contributed by atoms with van der Waals surface area (Å²) in [6, 6.07) is 17.1. The highest BCUT2D eigenvalue weighted by Crippen LogP contribution is 2.36. The minimum Gasteiger partial charge on any atom is -0.497 e. The van der Waals surface area contributed by atoms with Crippen LogP contribution in [-0.4, -0.2) is 12.1 Å². The van der Waals surface area contributed by atoms with Crippen LogP contribution < -0.4 is 10.5 Å². The number of nitriles is 1. The second-order valence-electron chi connectivity index (χ2n) is 5.57. The molecule has 124 valence electrons. The second-order valence-corrected chi connectivity index (χ2v) is 6.01. The van der Waals surface area contributed by atoms with Crippen molar-refractivity contribution < 1.29 is 4.74 Å². The fourth-order valence-corrected chi connectivity index (χ4v) is 3.03. The summed E-state index contributed by atoms with van der Waals surface area (Å²) in [5.41, 5.74) is 10.5. The summed E-state index contributed by atoms with van der Waals surface area (Å²) in [5, 5.41) is 10.2. The maximum atomic E-state index is 9.58. The van der Waals surface area contributed by atoms with Crippen molar-refractivity contribution in [3.63, 3.8) is 0 Å². The number of nitrogen functional groups attached to an aromatic ring is 1. The lowest BCUT2D eigenvalue weighted by atomic mass is 9.93. The maximum absolute atomic E-state index is 9.58. The lowest BCUT2D eigenvalue weighted by molar-refractivity contribution is 0.415. The van der Waals surface area contributed by atoms with E-state index in [9.17, 15) is 5.26 Å². The number of nitrogens with two attached hydrogens (primary N) is 1. The first kappa shape index (κ1) is 16.8. The van der Waals surface area contributed by atoms with Crippen molar-refractivity contribution in [3.05, 3.63) is 64.7 Å². The lowest BCUT2D eigenvalue weighted by Gasteiger charge is -2.15. The summed E-state index contributed by atoms with van der Waals surface area (Å²) >= 11 is 6.11. The van der Waals surface area contributed by atoms with Crippen LogP contribution in [0.5, 0.6) is 5.75 Å². The molecule has 0 saturated heterocycles. The fraction of sp³-hybridized carbons (Fsp3) is 0.100. The van der Waals surface area contributed by atoms with Gasteiger partial charge in [0.05, 0.1) is 12.8 Å². The number of rotatable bonds is 3. The number of hydrogen-bond donors (Lipinski definition) is 1. The van der Waals surface area contributed by atoms with E-state index in [-0.39, 0.29) is 5.82 Å². The van der Waals surface area contributed by atoms with Gasteiger partial charge in [-0.25, -0.2) is 4.98 Å². The van der Waals surface area contributed by atoms with Gasteiger partial charge < -0.3 is 10.5 Å². The number of benzene rings is 2. The van der Waals surface area contributed by atoms with E-state index in [1.54, 1.807) is 13.2 Å². The number of ether oxygens (including phenoxy) is 1. The predicted octanol–water partition coefficient (Wildman–Crippen LogP) is 4.84. The minimum absolute atomic E-state index is 0.203. The zero-order valence-corrected chi connectivity index (χ0v) is 14.6. The van der Waals surface area contributed by atoms with Gasteiger partial charge in [-0.3, -0.25) is 0 Å². The Hall–Kier alpha value is -3.03. The van der Waals surface area contributed by atoms with Gasteiger partial charge in [-0.05, 0) is 42.3 Å². The van der Waals surface area contributed by atoms with E-state index in [0.29, 0.717) is 16.3 Å². The molecule has 3 aromatic rings. The maximum Gasteiger partial charge on any atom is 0.142 e. The number of hydrogen-bond acceptors (Lipinski definition) is 4. The van der Waals surface area contributed by atoms with Gasteiger partial charge in [-0.2, -0.15) is 5.26 Å². The highest BCUT2D eigenvalue weighted by molar-refractivity contribution is 6.30. The fourth-order valence-electron chi connectivity index (χ4n) is 2.84. The average molecular weight is 350 g/mol. The summed E-state index contributed by atoms with van der Waals surface area (Å²) < 4.78 is 5.21. The molecule has 25 heavy (non-hydrogen) atoms. The molecular formula is C20H16ClN3O. The van der Waals surface area contributed by atoms with Crippen LogP contribution in [0.4, 0.5) is 5.82 Å². The molecular weight excluding hydrogens is 334 g/mol. The van der Waals surface area contributed by atoms with Gasteiger partial charge >= 0.3 is 0 Å². The van der Waals surface area contributed by atoms with Crippen LogP contribution in [0.2, 0.25) is 5.02 Å². The van der Waals surface area contributed by atoms with E-state index >= 15 is 0 Å². The summed E-state index contributed by atoms with van der Waals surface area (Å²) in [6.45, 7) is 1.93. The molecule has 0 saturated carbocycles. The molecule has 0 amide bonds. The topological polar surface area (TPSA) is 71.9 Å². The van der Waals surface area contributed by atoms with Crippen molar-refractivity contribution >= 4 is 17.4 Å². The first-order valence-electron chi connectivity index (χ1n) is 7.65. The summed E-state index contributed by atoms with van der Waals surface area (Å²) in [7, 11) is 1.61. The zero-order chi connectivity index (χ0) is 18.0. The molecule has 0 atom stereocenters. The summed E-state index contributed by atoms with van der Waals surface area (Å²) in [5.74, 6) is 0.950. The second kappa shape index (κ2) is 6.84. The van der Waals surface area contributed by atoms with E-state index in [1.807, 2.05) is 49.4 Å². The van der Waals surface area contributed by atoms with Gasteiger partial charge in [0.2, 0.25) is 0 Å². The van der Waals surface area contributed by atoms with Crippen molar-refractivity contribution in [1.82, 2.24) is 4.98 Å². The number of pyridine rings is 1. The molecule has 0 fully saturated rings. The van der Waals surface area contributed by atoms with Crippen LogP contribution in [0.15, 0.2) is 48.5 Å². The first-order chi connectivity index (χ1) is 12.0. The van der Waals surface area contributed by atoms with Gasteiger partial charge in [-0.15, -0.1) is 0 Å². The van der Waals surface area contributed by atoms with Gasteiger partial charge in [0.25, 0.3) is 0 Å². The van der Waals surface area contributed by atoms with Gasteiger partial charge in [0.1, 0.15) is 23.2 Å². The monoisotopic (exact) mass is 349 g/mol. The first-order valence-corrected chi connectivity index (χ1v) is 8.03. The van der Waals surface area contributed by atoms with E-state index in [0.717, 1.165) is 28.0 Å². The largest absolute Gasteiger partial charge is 0.497 e. The Morgan fingerprint density at radius 2 is 1.84 bits per heavy atom. The number of halogens is 1. The molecule has 4 nitrogen and oxygen atoms in total. The van der Waals surface area contributed by atoms with E-state index in [1.165, 1.54) is 0 Å². The molecule has 0 bridgehead atoms. The molecule has 5 heteroatoms. The minimum atomic E-state index is 0.203. The van der Waals surface area contributed by atoms with Crippen LogP contribution in [0.1, 0.15) is 11.1 Å². The normalized spacial score (nSPS) is 10.3. The van der Waals surface area contributed by atoms with Gasteiger partial charge in [0, 0.05) is 16.1 Å². The standard InChI is InChI=1S/C20H16ClN3O/c1-12-18(13-6-8-16(25-2)9-7-13)17(11-22)20(23)24-19(12)14-4-3-5-15(21)10-14/h3-10H,1-2H3,(H2,23,24). The molecule has 0 spiro atoms. The molecule has 3 rings (SSSR count). The number of anilines is 1. The number of methoxy groups -OCH3 is 1. The highest BCUT2D eigenvalue weighted by atomic mass is 35.5. The Labute approximate surface area is 151 Å². The Balaban J connectivity index is 2.28. The third kappa shape index (κ3) is 3.15. The zero-order valence-electron chi connectivity index (χ0n) is 13.9. The highest BCUT2D eigenvalue weighted by Gasteiger charge is 2.18. The van der Waals surface area contributed by atoms with Crippen molar-refractivity contribution in [3.8, 4) is 34.2 Å². The van der Waals surface area contributed by atoms with Crippen LogP contribution in [0.25, 0.3) is 22.4 Å². The van der Waals surface area contributed by atoms with Crippen molar-refractivity contribution in [1.29, 1.82) is 5.26 Å². The quantitative estimate of drug-likeness (QED) is 0.734. The molecule has 0 aliphatic heterocycles. The molecule has 1 aromatic heterocycles. The van der Waals surface area contributed by atoms with Crippen molar-refractivity contribution in [2.24, 2.45) is 0 Å². The van der Waals surface area contributed by atoms with Crippen LogP contribution in [0.3, 0.4) is 0 Å². The number of nitrogens with zero attached hydrogens (tertiary/aromatic N) is 2. The molecule has 2 aromatic carbocycles. The molecule has 1 heterocycles. The molecule has 0 aliphatic carbocycles. The van der Waals surface area contributed by atoms with E-state index < -0.39 is 0 Å². The van der Waals surface area contributed by atoms with E-state index in [4.69, 9.17) is 22.1 Å². The smallest absolute Gasteiger partial charge is 0.142 e. The SMILES string of the molecule is COc1ccc(-c2c(C)c(-c3cccc(Cl)c3)nc(N)c2C#N)cc1. The van der Waals surface area contributed by atoms with Gasteiger partial charge in [0.15, 0.2) is 0 Å². The summed E-state index contributed by atoms with van der Waals surface area (Å²) in [6.07, 6.45) is 0. The van der Waals surface area contributed by atoms with Crippen molar-refractivity contribution in [2.45, 2.75) is 6.92 Å². The Morgan fingerprint density at radius 1 is 1.12 bits per heavy atom.